The molecular formula is C61H21F41. The first-order valence-corrected chi connectivity index (χ1v) is 27.6. The first-order valence-electron chi connectivity index (χ1n) is 27.6. The lowest BCUT2D eigenvalue weighted by Gasteiger charge is -2.40. The van der Waals surface area contributed by atoms with E-state index < -0.39 is 351 Å². The van der Waals surface area contributed by atoms with Gasteiger partial charge in [0, 0.05) is 44.9 Å². The Morgan fingerprint density at radius 1 is 0.167 bits per heavy atom. The van der Waals surface area contributed by atoms with Gasteiger partial charge in [-0.15, -0.1) is 0 Å². The Kier molecular flexibility index (Phi) is 19.8. The number of alkyl halides is 10. The smallest absolute Gasteiger partial charge is 0.196 e. The molecule has 9 aliphatic carbocycles. The second kappa shape index (κ2) is 26.4. The molecule has 10 rings (SSSR count). The van der Waals surface area contributed by atoms with Gasteiger partial charge in [-0.25, -0.2) is 180 Å². The Morgan fingerprint density at radius 3 is 0.863 bits per heavy atom. The van der Waals surface area contributed by atoms with Crippen LogP contribution < -0.4 is 0 Å². The SMILES string of the molecule is CC1C(F)=C(C2=C(F)C(c3c(F)c(F)c(C4C(F)=C(F)C(F)=C(F)C4F)c(F)c3F)C(F)C(C3=C(F)C(C4=C(F)C(F)C(C5=C(F)C(F)C(F)C(F)=C5F)C(F)=C4F)=C(F)C(C4C(F)=C(F)C(C5C(F)=C(F)C(F)=C(F)C5F)=C(F)C4F)C3F)=C2F)C(F)=C(F)C1C1=C(F)C(F)C(F)C(F)=C1F. The molecule has 0 radical (unpaired) electrons. The molecule has 41 heteroatoms. The van der Waals surface area contributed by atoms with Crippen LogP contribution in [0.15, 0.2) is 207 Å². The number of benzene rings is 1. The number of halogens is 41. The molecule has 9 aliphatic rings. The van der Waals surface area contributed by atoms with Crippen LogP contribution in [0.5, 0.6) is 0 Å². The summed E-state index contributed by atoms with van der Waals surface area (Å²) in [6.07, 6.45) is -46.2. The maximum Gasteiger partial charge on any atom is 0.196 e. The van der Waals surface area contributed by atoms with Crippen molar-refractivity contribution in [1.82, 2.24) is 0 Å². The molecular weight excluding hydrogens is 1510 g/mol. The number of hydrogen-bond donors (Lipinski definition) is 0. The van der Waals surface area contributed by atoms with Crippen LogP contribution in [0.2, 0.25) is 0 Å². The molecule has 0 N–H and O–H groups in total. The van der Waals surface area contributed by atoms with E-state index in [1.54, 1.807) is 0 Å². The van der Waals surface area contributed by atoms with Crippen LogP contribution >= 0.6 is 0 Å². The van der Waals surface area contributed by atoms with Gasteiger partial charge in [-0.2, -0.15) is 0 Å². The van der Waals surface area contributed by atoms with Crippen molar-refractivity contribution in [2.75, 3.05) is 0 Å². The summed E-state index contributed by atoms with van der Waals surface area (Å²) in [7, 11) is 0. The predicted molar refractivity (Wildman–Crippen MR) is 264 cm³/mol. The van der Waals surface area contributed by atoms with E-state index in [0.29, 0.717) is 0 Å². The second-order valence-electron chi connectivity index (χ2n) is 22.9. The molecule has 0 aromatic heterocycles. The predicted octanol–water partition coefficient (Wildman–Crippen LogP) is 24.0. The molecule has 18 unspecified atom stereocenters. The minimum Gasteiger partial charge on any atom is -0.241 e. The van der Waals surface area contributed by atoms with Gasteiger partial charge < -0.3 is 0 Å². The third kappa shape index (κ3) is 10.5. The summed E-state index contributed by atoms with van der Waals surface area (Å²) in [5.41, 5.74) is -37.0. The Morgan fingerprint density at radius 2 is 0.431 bits per heavy atom. The standard InChI is InChI=1S/C61H21F41/c1-2-3(4-42(83)50(91)58(99)51(92)43(4)84)28(69)29(70)5(21(2)62)6-22(63)7(24(65)9(23(6)64)12-30(71)36(77)15(37(78)31(12)72)18-44(85)52(93)59(100)53(94)45(18)86)8-25(66)10(13-32(73)38(79)16(39(80)33(13)74)19-46(87)54(95)60(101)55(96)47(19)88)27(68)11(26(8)67)14-34(75)40(81)17(41(82)35(14)76)20-48(89)56(97)61(102)57(98)49(20)90/h2-3,9-10,13,17-19,24-25,32,40,44,46,50,56,58,61H,1H3. The fraction of sp³-hybridized carbons (Fsp3) is 0.311. The van der Waals surface area contributed by atoms with E-state index in [2.05, 4.69) is 0 Å². The fourth-order valence-electron chi connectivity index (χ4n) is 12.9. The van der Waals surface area contributed by atoms with Crippen LogP contribution in [-0.4, -0.2) is 61.7 Å². The first kappa shape index (κ1) is 76.3. The lowest BCUT2D eigenvalue weighted by atomic mass is 9.67. The zero-order valence-electron chi connectivity index (χ0n) is 47.9. The van der Waals surface area contributed by atoms with Crippen molar-refractivity contribution in [1.29, 1.82) is 0 Å². The first-order chi connectivity index (χ1) is 47.2. The van der Waals surface area contributed by atoms with Crippen molar-refractivity contribution in [3.63, 3.8) is 0 Å². The van der Waals surface area contributed by atoms with E-state index in [1.807, 2.05) is 0 Å². The summed E-state index contributed by atoms with van der Waals surface area (Å²) >= 11 is 0. The van der Waals surface area contributed by atoms with Gasteiger partial charge in [-0.1, -0.05) is 6.92 Å². The average molecular weight is 1530 g/mol. The molecule has 552 valence electrons. The second-order valence-corrected chi connectivity index (χ2v) is 22.9. The number of hydrogen-bond acceptors (Lipinski definition) is 0. The molecule has 0 amide bonds. The third-order valence-electron chi connectivity index (χ3n) is 17.8. The van der Waals surface area contributed by atoms with Crippen molar-refractivity contribution in [3.05, 3.63) is 242 Å². The summed E-state index contributed by atoms with van der Waals surface area (Å²) < 4.78 is 651. The maximum atomic E-state index is 18.1. The van der Waals surface area contributed by atoms with Crippen molar-refractivity contribution in [2.45, 2.75) is 80.5 Å². The van der Waals surface area contributed by atoms with E-state index in [4.69, 9.17) is 0 Å². The monoisotopic (exact) mass is 1530 g/mol. The molecule has 18 atom stereocenters. The molecule has 0 fully saturated rings. The summed E-state index contributed by atoms with van der Waals surface area (Å²) in [6.45, 7) is -0.139. The number of rotatable bonds is 9. The number of allylic oxidation sites excluding steroid dienone is 36. The van der Waals surface area contributed by atoms with Crippen molar-refractivity contribution in [2.24, 2.45) is 35.5 Å². The largest absolute Gasteiger partial charge is 0.241 e. The minimum absolute atomic E-state index is 0.139. The van der Waals surface area contributed by atoms with E-state index in [1.165, 1.54) is 0 Å². The van der Waals surface area contributed by atoms with Crippen LogP contribution in [-0.2, 0) is 0 Å². The molecule has 0 aliphatic heterocycles. The highest BCUT2D eigenvalue weighted by molar-refractivity contribution is 5.71. The van der Waals surface area contributed by atoms with Crippen molar-refractivity contribution >= 4 is 0 Å². The lowest BCUT2D eigenvalue weighted by molar-refractivity contribution is 0.110. The van der Waals surface area contributed by atoms with Crippen molar-refractivity contribution < 1.29 is 180 Å². The van der Waals surface area contributed by atoms with Crippen LogP contribution in [0.25, 0.3) is 0 Å². The van der Waals surface area contributed by atoms with Gasteiger partial charge in [0.05, 0.1) is 63.7 Å². The Balaban J connectivity index is 1.30. The van der Waals surface area contributed by atoms with E-state index >= 15 is 127 Å². The lowest BCUT2D eigenvalue weighted by Crippen LogP contribution is -2.42. The highest BCUT2D eigenvalue weighted by Crippen LogP contribution is 2.63. The molecule has 0 saturated carbocycles. The van der Waals surface area contributed by atoms with Crippen LogP contribution in [0.4, 0.5) is 180 Å². The molecule has 0 spiro atoms. The summed E-state index contributed by atoms with van der Waals surface area (Å²) in [4.78, 5) is 0. The van der Waals surface area contributed by atoms with Gasteiger partial charge in [0.15, 0.2) is 148 Å². The van der Waals surface area contributed by atoms with Gasteiger partial charge >= 0.3 is 0 Å². The van der Waals surface area contributed by atoms with Gasteiger partial charge in [-0.3, -0.25) is 0 Å². The molecule has 1 aromatic carbocycles. The van der Waals surface area contributed by atoms with E-state index in [-0.39, 0.29) is 6.92 Å². The topological polar surface area (TPSA) is 0 Å². The molecule has 1 aromatic rings. The minimum atomic E-state index is -5.39. The van der Waals surface area contributed by atoms with E-state index in [9.17, 15) is 52.7 Å². The molecule has 0 heterocycles. The Hall–Kier alpha value is -8.33. The Bertz CT molecular complexity index is 4570. The molecule has 0 bridgehead atoms. The average Bonchev–Trinajstić information content (AvgIpc) is 0.705. The quantitative estimate of drug-likeness (QED) is 0.171. The van der Waals surface area contributed by atoms with Crippen LogP contribution in [0.1, 0.15) is 29.9 Å². The zero-order valence-corrected chi connectivity index (χ0v) is 47.9. The molecule has 0 nitrogen and oxygen atoms in total. The highest BCUT2D eigenvalue weighted by atomic mass is 19.2. The third-order valence-corrected chi connectivity index (χ3v) is 17.8. The summed E-state index contributed by atoms with van der Waals surface area (Å²) in [6, 6.07) is 0. The molecule has 0 saturated heterocycles. The highest BCUT2D eigenvalue weighted by Gasteiger charge is 2.61. The van der Waals surface area contributed by atoms with Crippen LogP contribution in [0.3, 0.4) is 0 Å². The van der Waals surface area contributed by atoms with Gasteiger partial charge in [-0.05, 0) is 0 Å². The molecule has 102 heavy (non-hydrogen) atoms. The Labute approximate surface area is 537 Å². The van der Waals surface area contributed by atoms with E-state index in [0.717, 1.165) is 0 Å². The zero-order chi connectivity index (χ0) is 76.6. The van der Waals surface area contributed by atoms with Crippen molar-refractivity contribution in [3.8, 4) is 0 Å². The maximum absolute atomic E-state index is 18.1. The van der Waals surface area contributed by atoms with Crippen LogP contribution in [0, 0.1) is 58.8 Å². The summed E-state index contributed by atoms with van der Waals surface area (Å²) in [5.74, 6) is -144. The van der Waals surface area contributed by atoms with Gasteiger partial charge in [0.1, 0.15) is 93.9 Å². The summed E-state index contributed by atoms with van der Waals surface area (Å²) in [5, 5.41) is 0. The van der Waals surface area contributed by atoms with Gasteiger partial charge in [0.2, 0.25) is 0 Å². The fourth-order valence-corrected chi connectivity index (χ4v) is 12.9. The van der Waals surface area contributed by atoms with Gasteiger partial charge in [0.25, 0.3) is 0 Å². The normalized spacial score (nSPS) is 34.1.